The van der Waals surface area contributed by atoms with Gasteiger partial charge in [0, 0.05) is 12.6 Å². The Morgan fingerprint density at radius 2 is 2.15 bits per heavy atom. The van der Waals surface area contributed by atoms with Crippen LogP contribution in [-0.2, 0) is 11.3 Å². The van der Waals surface area contributed by atoms with Gasteiger partial charge in [0.15, 0.2) is 0 Å². The Morgan fingerprint density at radius 1 is 1.50 bits per heavy atom. The minimum Gasteiger partial charge on any atom is -0.496 e. The van der Waals surface area contributed by atoms with E-state index in [4.69, 9.17) is 9.84 Å². The predicted molar refractivity (Wildman–Crippen MR) is 72.8 cm³/mol. The lowest BCUT2D eigenvalue weighted by Crippen LogP contribution is -2.37. The van der Waals surface area contributed by atoms with Gasteiger partial charge < -0.3 is 9.84 Å². The maximum absolute atomic E-state index is 11.1. The van der Waals surface area contributed by atoms with Gasteiger partial charge in [-0.25, -0.2) is 0 Å². The first-order valence-electron chi connectivity index (χ1n) is 6.14. The van der Waals surface area contributed by atoms with Crippen LogP contribution in [0.4, 0.5) is 5.69 Å². The van der Waals surface area contributed by atoms with Gasteiger partial charge in [-0.3, -0.25) is 19.8 Å². The number of nitrogens with zero attached hydrogens (tertiary/aromatic N) is 2. The van der Waals surface area contributed by atoms with Crippen LogP contribution in [0.25, 0.3) is 0 Å². The predicted octanol–water partition coefficient (Wildman–Crippen LogP) is 1.90. The van der Waals surface area contributed by atoms with E-state index in [0.29, 0.717) is 24.3 Å². The fraction of sp³-hybridized carbons (Fsp3) is 0.462. The van der Waals surface area contributed by atoms with Crippen molar-refractivity contribution in [3.8, 4) is 5.75 Å². The molecule has 0 heterocycles. The van der Waals surface area contributed by atoms with Crippen LogP contribution in [0.2, 0.25) is 0 Å². The smallest absolute Gasteiger partial charge is 0.320 e. The lowest BCUT2D eigenvalue weighted by atomic mass is 10.1. The monoisotopic (exact) mass is 282 g/mol. The summed E-state index contributed by atoms with van der Waals surface area (Å²) in [6, 6.07) is 3.80. The molecule has 0 aliphatic rings. The van der Waals surface area contributed by atoms with Crippen molar-refractivity contribution in [3.63, 3.8) is 0 Å². The third-order valence-electron chi connectivity index (χ3n) is 3.03. The summed E-state index contributed by atoms with van der Waals surface area (Å²) in [5.41, 5.74) is 0.564. The molecular weight excluding hydrogens is 264 g/mol. The number of nitro benzene ring substituents is 1. The van der Waals surface area contributed by atoms with Crippen LogP contribution < -0.4 is 4.74 Å². The molecule has 0 amide bonds. The number of benzene rings is 1. The molecule has 0 fully saturated rings. The number of methoxy groups -OCH3 is 1. The molecule has 7 nitrogen and oxygen atoms in total. The highest BCUT2D eigenvalue weighted by atomic mass is 16.6. The molecule has 0 saturated heterocycles. The molecule has 0 aromatic heterocycles. The van der Waals surface area contributed by atoms with Crippen LogP contribution >= 0.6 is 0 Å². The molecule has 1 rings (SSSR count). The number of rotatable bonds is 7. The number of aliphatic carboxylic acids is 1. The summed E-state index contributed by atoms with van der Waals surface area (Å²) >= 11 is 0. The number of likely N-dealkylation sites (N-methyl/N-ethyl adjacent to an activating group) is 1. The van der Waals surface area contributed by atoms with Gasteiger partial charge in [-0.15, -0.1) is 0 Å². The van der Waals surface area contributed by atoms with Crippen molar-refractivity contribution in [2.75, 3.05) is 14.2 Å². The highest BCUT2D eigenvalue weighted by Gasteiger charge is 2.21. The molecule has 7 heteroatoms. The number of carboxylic acids is 1. The highest BCUT2D eigenvalue weighted by Crippen LogP contribution is 2.23. The van der Waals surface area contributed by atoms with Crippen LogP contribution in [0.1, 0.15) is 18.9 Å². The number of hydrogen-bond donors (Lipinski definition) is 1. The van der Waals surface area contributed by atoms with E-state index in [0.717, 1.165) is 0 Å². The molecule has 0 saturated carbocycles. The fourth-order valence-electron chi connectivity index (χ4n) is 2.03. The molecule has 1 N–H and O–H groups in total. The molecule has 1 aromatic carbocycles. The van der Waals surface area contributed by atoms with Gasteiger partial charge in [0.1, 0.15) is 11.8 Å². The van der Waals surface area contributed by atoms with Crippen molar-refractivity contribution >= 4 is 11.7 Å². The number of ether oxygens (including phenoxy) is 1. The summed E-state index contributed by atoms with van der Waals surface area (Å²) in [4.78, 5) is 23.1. The van der Waals surface area contributed by atoms with Crippen LogP contribution in [0, 0.1) is 10.1 Å². The lowest BCUT2D eigenvalue weighted by molar-refractivity contribution is -0.385. The molecule has 1 unspecified atom stereocenters. The number of non-ortho nitro benzene ring substituents is 1. The van der Waals surface area contributed by atoms with Gasteiger partial charge in [0.2, 0.25) is 0 Å². The molecule has 110 valence electrons. The quantitative estimate of drug-likeness (QED) is 0.606. The molecule has 0 radical (unpaired) electrons. The zero-order valence-corrected chi connectivity index (χ0v) is 11.7. The maximum Gasteiger partial charge on any atom is 0.320 e. The van der Waals surface area contributed by atoms with E-state index in [1.54, 1.807) is 24.9 Å². The fourth-order valence-corrected chi connectivity index (χ4v) is 2.03. The summed E-state index contributed by atoms with van der Waals surface area (Å²) in [7, 11) is 3.10. The van der Waals surface area contributed by atoms with Crippen LogP contribution in [0.5, 0.6) is 5.75 Å². The Labute approximate surface area is 116 Å². The van der Waals surface area contributed by atoms with Crippen LogP contribution in [0.15, 0.2) is 18.2 Å². The van der Waals surface area contributed by atoms with Gasteiger partial charge in [0.25, 0.3) is 5.69 Å². The summed E-state index contributed by atoms with van der Waals surface area (Å²) in [6.45, 7) is 2.08. The number of nitro groups is 1. The number of hydrogen-bond acceptors (Lipinski definition) is 5. The average Bonchev–Trinajstić information content (AvgIpc) is 2.38. The third-order valence-corrected chi connectivity index (χ3v) is 3.03. The van der Waals surface area contributed by atoms with Crippen LogP contribution in [0.3, 0.4) is 0 Å². The molecule has 0 spiro atoms. The molecule has 20 heavy (non-hydrogen) atoms. The summed E-state index contributed by atoms with van der Waals surface area (Å²) < 4.78 is 5.02. The number of carbonyl (C=O) groups is 1. The van der Waals surface area contributed by atoms with Crippen molar-refractivity contribution in [1.82, 2.24) is 4.90 Å². The molecular formula is C13H18N2O5. The Kier molecular flexibility index (Phi) is 5.45. The summed E-state index contributed by atoms with van der Waals surface area (Å²) in [6.07, 6.45) is 0.456. The van der Waals surface area contributed by atoms with Gasteiger partial charge in [-0.2, -0.15) is 0 Å². The normalized spacial score (nSPS) is 12.2. The van der Waals surface area contributed by atoms with E-state index in [1.165, 1.54) is 19.2 Å². The SMILES string of the molecule is CCC(C(=O)O)N(C)Cc1cc(OC)cc([N+](=O)[O-])c1. The van der Waals surface area contributed by atoms with E-state index in [9.17, 15) is 14.9 Å². The van der Waals surface area contributed by atoms with Gasteiger partial charge in [-0.05, 0) is 25.1 Å². The lowest BCUT2D eigenvalue weighted by Gasteiger charge is -2.23. The third kappa shape index (κ3) is 3.92. The molecule has 0 aliphatic heterocycles. The van der Waals surface area contributed by atoms with Gasteiger partial charge in [-0.1, -0.05) is 6.92 Å². The first-order chi connectivity index (χ1) is 9.38. The van der Waals surface area contributed by atoms with Crippen molar-refractivity contribution in [3.05, 3.63) is 33.9 Å². The largest absolute Gasteiger partial charge is 0.496 e. The van der Waals surface area contributed by atoms with Crippen LogP contribution in [-0.4, -0.2) is 41.1 Å². The minimum absolute atomic E-state index is 0.0730. The minimum atomic E-state index is -0.910. The van der Waals surface area contributed by atoms with Crippen molar-refractivity contribution in [2.24, 2.45) is 0 Å². The van der Waals surface area contributed by atoms with E-state index in [1.807, 2.05) is 0 Å². The first-order valence-corrected chi connectivity index (χ1v) is 6.14. The number of carboxylic acid groups (broad SMARTS) is 1. The molecule has 1 aromatic rings. The average molecular weight is 282 g/mol. The van der Waals surface area contributed by atoms with Crippen molar-refractivity contribution in [1.29, 1.82) is 0 Å². The summed E-state index contributed by atoms with van der Waals surface area (Å²) in [5.74, 6) is -0.529. The van der Waals surface area contributed by atoms with Crippen molar-refractivity contribution < 1.29 is 19.6 Å². The topological polar surface area (TPSA) is 92.9 Å². The Morgan fingerprint density at radius 3 is 2.60 bits per heavy atom. The second kappa shape index (κ2) is 6.85. The van der Waals surface area contributed by atoms with E-state index in [2.05, 4.69) is 0 Å². The molecule has 0 bridgehead atoms. The second-order valence-corrected chi connectivity index (χ2v) is 4.47. The maximum atomic E-state index is 11.1. The van der Waals surface area contributed by atoms with Gasteiger partial charge in [0.05, 0.1) is 18.1 Å². The Balaban J connectivity index is 2.99. The van der Waals surface area contributed by atoms with E-state index in [-0.39, 0.29) is 5.69 Å². The molecule has 0 aliphatic carbocycles. The standard InChI is InChI=1S/C13H18N2O5/c1-4-12(13(16)17)14(2)8-9-5-10(15(18)19)7-11(6-9)20-3/h5-7,12H,4,8H2,1-3H3,(H,16,17). The van der Waals surface area contributed by atoms with Crippen molar-refractivity contribution in [2.45, 2.75) is 25.9 Å². The zero-order chi connectivity index (χ0) is 15.3. The van der Waals surface area contributed by atoms with E-state index >= 15 is 0 Å². The summed E-state index contributed by atoms with van der Waals surface area (Å²) in [5, 5.41) is 19.9. The zero-order valence-electron chi connectivity index (χ0n) is 11.7. The highest BCUT2D eigenvalue weighted by molar-refractivity contribution is 5.73. The second-order valence-electron chi connectivity index (χ2n) is 4.47. The molecule has 1 atom stereocenters. The first kappa shape index (κ1) is 15.9. The Bertz CT molecular complexity index is 504. The Hall–Kier alpha value is -2.15. The van der Waals surface area contributed by atoms with E-state index < -0.39 is 16.9 Å². The van der Waals surface area contributed by atoms with Gasteiger partial charge >= 0.3 is 5.97 Å².